The normalized spacial score (nSPS) is 17.9. The average molecular weight is 207 g/mol. The minimum Gasteiger partial charge on any atom is -0.469 e. The molecule has 2 nitrogen and oxygen atoms in total. The molecular weight excluding hydrogens is 186 g/mol. The third kappa shape index (κ3) is 4.08. The Hall–Kier alpha value is -0.760. The number of furan rings is 1. The van der Waals surface area contributed by atoms with Crippen LogP contribution in [0.25, 0.3) is 0 Å². The first-order valence-corrected chi connectivity index (χ1v) is 6.10. The lowest BCUT2D eigenvalue weighted by atomic mass is 10.1. The van der Waals surface area contributed by atoms with Crippen LogP contribution in [0.5, 0.6) is 0 Å². The Bertz CT molecular complexity index is 264. The van der Waals surface area contributed by atoms with Crippen LogP contribution in [0.1, 0.15) is 38.4 Å². The fourth-order valence-electron chi connectivity index (χ4n) is 1.95. The Morgan fingerprint density at radius 2 is 2.40 bits per heavy atom. The van der Waals surface area contributed by atoms with Crippen molar-refractivity contribution >= 4 is 0 Å². The van der Waals surface area contributed by atoms with Gasteiger partial charge in [-0.15, -0.1) is 0 Å². The van der Waals surface area contributed by atoms with Gasteiger partial charge in [0.2, 0.25) is 0 Å². The van der Waals surface area contributed by atoms with Crippen LogP contribution in [-0.2, 0) is 6.42 Å². The third-order valence-electron chi connectivity index (χ3n) is 3.07. The quantitative estimate of drug-likeness (QED) is 0.695. The monoisotopic (exact) mass is 207 g/mol. The Kier molecular flexibility index (Phi) is 3.84. The number of rotatable bonds is 7. The van der Waals surface area contributed by atoms with Crippen LogP contribution in [0.2, 0.25) is 0 Å². The van der Waals surface area contributed by atoms with Crippen molar-refractivity contribution in [2.24, 2.45) is 5.92 Å². The maximum atomic E-state index is 5.32. The number of hydrogen-bond acceptors (Lipinski definition) is 2. The third-order valence-corrected chi connectivity index (χ3v) is 3.07. The summed E-state index contributed by atoms with van der Waals surface area (Å²) in [7, 11) is 0. The molecule has 1 aromatic heterocycles. The highest BCUT2D eigenvalue weighted by Crippen LogP contribution is 2.33. The first kappa shape index (κ1) is 10.7. The van der Waals surface area contributed by atoms with Crippen LogP contribution in [0.15, 0.2) is 22.8 Å². The van der Waals surface area contributed by atoms with E-state index in [0.717, 1.165) is 24.6 Å². The fraction of sp³-hybridized carbons (Fsp3) is 0.692. The first-order chi connectivity index (χ1) is 7.34. The van der Waals surface area contributed by atoms with Gasteiger partial charge >= 0.3 is 0 Å². The molecule has 1 unspecified atom stereocenters. The van der Waals surface area contributed by atoms with Gasteiger partial charge in [-0.05, 0) is 44.4 Å². The molecule has 0 radical (unpaired) electrons. The maximum Gasteiger partial charge on any atom is 0.105 e. The molecule has 1 fully saturated rings. The van der Waals surface area contributed by atoms with E-state index >= 15 is 0 Å². The minimum atomic E-state index is 0.523. The summed E-state index contributed by atoms with van der Waals surface area (Å²) >= 11 is 0. The number of nitrogens with one attached hydrogen (secondary N) is 1. The van der Waals surface area contributed by atoms with E-state index in [4.69, 9.17) is 4.42 Å². The van der Waals surface area contributed by atoms with Crippen molar-refractivity contribution in [2.75, 3.05) is 6.54 Å². The molecule has 2 rings (SSSR count). The van der Waals surface area contributed by atoms with Gasteiger partial charge in [-0.3, -0.25) is 0 Å². The van der Waals surface area contributed by atoms with E-state index in [1.807, 2.05) is 12.1 Å². The van der Waals surface area contributed by atoms with Crippen LogP contribution < -0.4 is 5.32 Å². The van der Waals surface area contributed by atoms with Crippen molar-refractivity contribution in [3.8, 4) is 0 Å². The maximum absolute atomic E-state index is 5.32. The molecule has 0 aliphatic heterocycles. The molecule has 1 aliphatic carbocycles. The van der Waals surface area contributed by atoms with Crippen LogP contribution in [-0.4, -0.2) is 12.6 Å². The summed E-state index contributed by atoms with van der Waals surface area (Å²) in [6.07, 6.45) is 8.43. The first-order valence-electron chi connectivity index (χ1n) is 6.10. The van der Waals surface area contributed by atoms with Gasteiger partial charge in [0.25, 0.3) is 0 Å². The Morgan fingerprint density at radius 1 is 1.53 bits per heavy atom. The lowest BCUT2D eigenvalue weighted by Crippen LogP contribution is -2.28. The molecule has 1 aliphatic rings. The van der Waals surface area contributed by atoms with Gasteiger partial charge in [0.15, 0.2) is 0 Å². The molecule has 15 heavy (non-hydrogen) atoms. The molecule has 84 valence electrons. The molecule has 0 bridgehead atoms. The zero-order chi connectivity index (χ0) is 10.5. The molecule has 0 saturated heterocycles. The van der Waals surface area contributed by atoms with E-state index in [0.29, 0.717) is 6.04 Å². The van der Waals surface area contributed by atoms with E-state index in [1.165, 1.54) is 25.7 Å². The molecule has 0 amide bonds. The smallest absolute Gasteiger partial charge is 0.105 e. The Balaban J connectivity index is 1.53. The molecular formula is C13H21NO. The highest BCUT2D eigenvalue weighted by Gasteiger charge is 2.20. The van der Waals surface area contributed by atoms with Gasteiger partial charge in [0, 0.05) is 12.5 Å². The average Bonchev–Trinajstić information content (AvgIpc) is 2.91. The van der Waals surface area contributed by atoms with Gasteiger partial charge in [0.1, 0.15) is 5.76 Å². The van der Waals surface area contributed by atoms with Gasteiger partial charge in [-0.1, -0.05) is 12.8 Å². The van der Waals surface area contributed by atoms with Crippen molar-refractivity contribution < 1.29 is 4.42 Å². The van der Waals surface area contributed by atoms with Crippen LogP contribution >= 0.6 is 0 Å². The highest BCUT2D eigenvalue weighted by molar-refractivity contribution is 4.99. The van der Waals surface area contributed by atoms with E-state index in [9.17, 15) is 0 Å². The summed E-state index contributed by atoms with van der Waals surface area (Å²) in [4.78, 5) is 0. The van der Waals surface area contributed by atoms with Gasteiger partial charge in [-0.2, -0.15) is 0 Å². The lowest BCUT2D eigenvalue weighted by Gasteiger charge is -2.11. The Morgan fingerprint density at radius 3 is 3.07 bits per heavy atom. The van der Waals surface area contributed by atoms with Gasteiger partial charge < -0.3 is 9.73 Å². The molecule has 2 heteroatoms. The number of hydrogen-bond donors (Lipinski definition) is 1. The standard InChI is InChI=1S/C13H21NO/c1-11(10-13-5-3-9-15-13)14-8-2-4-12-6-7-12/h3,5,9,11-12,14H,2,4,6-8,10H2,1H3. The topological polar surface area (TPSA) is 25.2 Å². The summed E-state index contributed by atoms with van der Waals surface area (Å²) < 4.78 is 5.32. The summed E-state index contributed by atoms with van der Waals surface area (Å²) in [6.45, 7) is 3.37. The van der Waals surface area contributed by atoms with Crippen LogP contribution in [0.4, 0.5) is 0 Å². The van der Waals surface area contributed by atoms with Crippen molar-refractivity contribution in [3.63, 3.8) is 0 Å². The summed E-state index contributed by atoms with van der Waals surface area (Å²) in [6, 6.07) is 4.52. The summed E-state index contributed by atoms with van der Waals surface area (Å²) in [5.74, 6) is 2.14. The fourth-order valence-corrected chi connectivity index (χ4v) is 1.95. The molecule has 0 spiro atoms. The minimum absolute atomic E-state index is 0.523. The van der Waals surface area contributed by atoms with Gasteiger partial charge in [0.05, 0.1) is 6.26 Å². The van der Waals surface area contributed by atoms with E-state index in [2.05, 4.69) is 12.2 Å². The predicted molar refractivity (Wildman–Crippen MR) is 61.8 cm³/mol. The predicted octanol–water partition coefficient (Wildman–Crippen LogP) is 2.99. The SMILES string of the molecule is CC(Cc1ccco1)NCCCC1CC1. The zero-order valence-corrected chi connectivity index (χ0v) is 9.54. The molecule has 0 aromatic carbocycles. The molecule has 1 N–H and O–H groups in total. The van der Waals surface area contributed by atoms with E-state index in [1.54, 1.807) is 6.26 Å². The van der Waals surface area contributed by atoms with Crippen LogP contribution in [0.3, 0.4) is 0 Å². The second-order valence-electron chi connectivity index (χ2n) is 4.72. The van der Waals surface area contributed by atoms with E-state index in [-0.39, 0.29) is 0 Å². The Labute approximate surface area is 92.1 Å². The van der Waals surface area contributed by atoms with Crippen molar-refractivity contribution in [2.45, 2.75) is 45.1 Å². The van der Waals surface area contributed by atoms with Gasteiger partial charge in [-0.25, -0.2) is 0 Å². The van der Waals surface area contributed by atoms with E-state index < -0.39 is 0 Å². The van der Waals surface area contributed by atoms with Crippen molar-refractivity contribution in [1.82, 2.24) is 5.32 Å². The van der Waals surface area contributed by atoms with Crippen LogP contribution in [0, 0.1) is 5.92 Å². The largest absolute Gasteiger partial charge is 0.469 e. The summed E-state index contributed by atoms with van der Waals surface area (Å²) in [5, 5.41) is 3.54. The lowest BCUT2D eigenvalue weighted by molar-refractivity contribution is 0.450. The highest BCUT2D eigenvalue weighted by atomic mass is 16.3. The zero-order valence-electron chi connectivity index (χ0n) is 9.54. The molecule has 1 aromatic rings. The van der Waals surface area contributed by atoms with Crippen molar-refractivity contribution in [3.05, 3.63) is 24.2 Å². The molecule has 1 saturated carbocycles. The van der Waals surface area contributed by atoms with Crippen molar-refractivity contribution in [1.29, 1.82) is 0 Å². The summed E-state index contributed by atoms with van der Waals surface area (Å²) in [5.41, 5.74) is 0. The second kappa shape index (κ2) is 5.36. The molecule has 1 atom stereocenters. The molecule has 1 heterocycles. The second-order valence-corrected chi connectivity index (χ2v) is 4.72.